The lowest BCUT2D eigenvalue weighted by Gasteiger charge is -2.11. The van der Waals surface area contributed by atoms with Gasteiger partial charge in [0.15, 0.2) is 0 Å². The van der Waals surface area contributed by atoms with Gasteiger partial charge in [-0.2, -0.15) is 0 Å². The number of nitrogens with two attached hydrogens (primary N) is 1. The van der Waals surface area contributed by atoms with E-state index in [-0.39, 0.29) is 0 Å². The average Bonchev–Trinajstić information content (AvgIpc) is 2.63. The first kappa shape index (κ1) is 23.0. The van der Waals surface area contributed by atoms with E-state index in [1.54, 1.807) is 31.4 Å². The Hall–Kier alpha value is -2.04. The molecular formula is C21H24Cl2FNO2. The lowest BCUT2D eigenvalue weighted by atomic mass is 10.1. The van der Waals surface area contributed by atoms with Crippen molar-refractivity contribution in [3.63, 3.8) is 0 Å². The Bertz CT molecular complexity index is 824. The first-order valence-corrected chi connectivity index (χ1v) is 9.28. The highest BCUT2D eigenvalue weighted by molar-refractivity contribution is 6.38. The fourth-order valence-corrected chi connectivity index (χ4v) is 2.93. The van der Waals surface area contributed by atoms with Gasteiger partial charge in [0, 0.05) is 17.2 Å². The van der Waals surface area contributed by atoms with E-state index < -0.39 is 11.7 Å². The molecule has 1 aromatic carbocycles. The summed E-state index contributed by atoms with van der Waals surface area (Å²) >= 11 is 12.6. The molecule has 0 aliphatic heterocycles. The van der Waals surface area contributed by atoms with E-state index in [1.807, 2.05) is 20.8 Å². The molecule has 0 atom stereocenters. The quantitative estimate of drug-likeness (QED) is 0.400. The number of primary amides is 1. The Morgan fingerprint density at radius 3 is 2.41 bits per heavy atom. The van der Waals surface area contributed by atoms with E-state index in [0.717, 1.165) is 5.56 Å². The Labute approximate surface area is 170 Å². The highest BCUT2D eigenvalue weighted by Crippen LogP contribution is 2.36. The van der Waals surface area contributed by atoms with Crippen molar-refractivity contribution in [3.8, 4) is 5.75 Å². The monoisotopic (exact) mass is 411 g/mol. The van der Waals surface area contributed by atoms with Crippen molar-refractivity contribution in [3.05, 3.63) is 68.5 Å². The van der Waals surface area contributed by atoms with Gasteiger partial charge in [-0.15, -0.1) is 0 Å². The second-order valence-electron chi connectivity index (χ2n) is 5.78. The molecule has 0 radical (unpaired) electrons. The van der Waals surface area contributed by atoms with E-state index in [1.165, 1.54) is 12.2 Å². The van der Waals surface area contributed by atoms with E-state index in [9.17, 15) is 9.18 Å². The van der Waals surface area contributed by atoms with Gasteiger partial charge in [-0.3, -0.25) is 4.79 Å². The topological polar surface area (TPSA) is 52.3 Å². The molecule has 0 spiro atoms. The van der Waals surface area contributed by atoms with Crippen molar-refractivity contribution >= 4 is 35.2 Å². The van der Waals surface area contributed by atoms with Crippen LogP contribution in [-0.2, 0) is 4.79 Å². The number of methoxy groups -OCH3 is 1. The fourth-order valence-electron chi connectivity index (χ4n) is 2.37. The van der Waals surface area contributed by atoms with Crippen LogP contribution in [0.3, 0.4) is 0 Å². The third-order valence-electron chi connectivity index (χ3n) is 3.99. The van der Waals surface area contributed by atoms with Gasteiger partial charge in [0.1, 0.15) is 11.6 Å². The first-order chi connectivity index (χ1) is 12.7. The van der Waals surface area contributed by atoms with Gasteiger partial charge in [-0.05, 0) is 43.1 Å². The molecule has 0 aromatic heterocycles. The number of ether oxygens (including phenoxy) is 1. The molecule has 1 amide bonds. The zero-order valence-corrected chi connectivity index (χ0v) is 17.4. The van der Waals surface area contributed by atoms with Crippen molar-refractivity contribution in [2.24, 2.45) is 5.73 Å². The van der Waals surface area contributed by atoms with Crippen LogP contribution in [0.4, 0.5) is 4.39 Å². The smallest absolute Gasteiger partial charge is 0.241 e. The molecule has 2 N–H and O–H groups in total. The summed E-state index contributed by atoms with van der Waals surface area (Å²) in [6.07, 6.45) is 8.51. The number of carbonyl (C=O) groups excluding carboxylic acids is 1. The number of allylic oxidation sites excluding steroid dienone is 6. The van der Waals surface area contributed by atoms with Gasteiger partial charge >= 0.3 is 0 Å². The number of hydrogen-bond acceptors (Lipinski definition) is 2. The maximum absolute atomic E-state index is 14.5. The van der Waals surface area contributed by atoms with Crippen molar-refractivity contribution in [1.82, 2.24) is 0 Å². The molecule has 0 bridgehead atoms. The molecule has 1 rings (SSSR count). The van der Waals surface area contributed by atoms with Crippen LogP contribution < -0.4 is 10.5 Å². The summed E-state index contributed by atoms with van der Waals surface area (Å²) in [6.45, 7) is 5.53. The van der Waals surface area contributed by atoms with Crippen molar-refractivity contribution in [2.45, 2.75) is 33.6 Å². The largest absolute Gasteiger partial charge is 0.496 e. The van der Waals surface area contributed by atoms with Crippen molar-refractivity contribution in [1.29, 1.82) is 0 Å². The Balaban J connectivity index is 3.22. The van der Waals surface area contributed by atoms with Crippen LogP contribution in [0.25, 0.3) is 6.08 Å². The number of hydrogen-bond donors (Lipinski definition) is 1. The van der Waals surface area contributed by atoms with Crippen LogP contribution in [0.5, 0.6) is 5.75 Å². The summed E-state index contributed by atoms with van der Waals surface area (Å²) in [5.41, 5.74) is 7.61. The summed E-state index contributed by atoms with van der Waals surface area (Å²) in [7, 11) is 1.54. The zero-order valence-electron chi connectivity index (χ0n) is 15.9. The number of benzene rings is 1. The minimum Gasteiger partial charge on any atom is -0.496 e. The third kappa shape index (κ3) is 6.56. The minimum atomic E-state index is -0.560. The predicted molar refractivity (Wildman–Crippen MR) is 112 cm³/mol. The van der Waals surface area contributed by atoms with E-state index in [2.05, 4.69) is 0 Å². The van der Waals surface area contributed by atoms with Gasteiger partial charge in [0.2, 0.25) is 5.91 Å². The second-order valence-corrected chi connectivity index (χ2v) is 6.57. The second kappa shape index (κ2) is 11.0. The molecule has 0 aliphatic carbocycles. The van der Waals surface area contributed by atoms with Gasteiger partial charge in [-0.1, -0.05) is 55.3 Å². The van der Waals surface area contributed by atoms with Crippen molar-refractivity contribution in [2.75, 3.05) is 7.11 Å². The molecule has 0 heterocycles. The zero-order chi connectivity index (χ0) is 20.6. The molecule has 27 heavy (non-hydrogen) atoms. The number of carbonyl (C=O) groups is 1. The van der Waals surface area contributed by atoms with Crippen LogP contribution in [0.1, 0.15) is 37.8 Å². The van der Waals surface area contributed by atoms with E-state index >= 15 is 0 Å². The summed E-state index contributed by atoms with van der Waals surface area (Å²) in [5, 5.41) is 0.877. The Kier molecular flexibility index (Phi) is 9.33. The maximum atomic E-state index is 14.5. The molecule has 0 unspecified atom stereocenters. The van der Waals surface area contributed by atoms with Gasteiger partial charge in [0.25, 0.3) is 0 Å². The molecule has 0 fully saturated rings. The molecule has 146 valence electrons. The number of rotatable bonds is 8. The number of amides is 1. The summed E-state index contributed by atoms with van der Waals surface area (Å²) in [6, 6.07) is 1.68. The Morgan fingerprint density at radius 2 is 1.89 bits per heavy atom. The van der Waals surface area contributed by atoms with Gasteiger partial charge < -0.3 is 10.5 Å². The molecular weight excluding hydrogens is 388 g/mol. The van der Waals surface area contributed by atoms with Crippen LogP contribution in [-0.4, -0.2) is 13.0 Å². The SMILES string of the molecule is CCC(C=CC(F)=C(C=Cc1c(Cl)cc(OC)c(C)c1Cl)CC)=CC(N)=O. The molecule has 0 saturated carbocycles. The average molecular weight is 412 g/mol. The fraction of sp³-hybridized carbons (Fsp3) is 0.286. The third-order valence-corrected chi connectivity index (χ3v) is 4.79. The summed E-state index contributed by atoms with van der Waals surface area (Å²) in [4.78, 5) is 11.0. The van der Waals surface area contributed by atoms with Crippen molar-refractivity contribution < 1.29 is 13.9 Å². The molecule has 3 nitrogen and oxygen atoms in total. The Morgan fingerprint density at radius 1 is 1.22 bits per heavy atom. The minimum absolute atomic E-state index is 0.407. The highest BCUT2D eigenvalue weighted by atomic mass is 35.5. The lowest BCUT2D eigenvalue weighted by Crippen LogP contribution is -2.06. The normalized spacial score (nSPS) is 13.4. The molecule has 6 heteroatoms. The number of halogens is 3. The maximum Gasteiger partial charge on any atom is 0.241 e. The molecule has 0 saturated heterocycles. The lowest BCUT2D eigenvalue weighted by molar-refractivity contribution is -0.113. The van der Waals surface area contributed by atoms with Gasteiger partial charge in [0.05, 0.1) is 17.2 Å². The first-order valence-electron chi connectivity index (χ1n) is 8.52. The standard InChI is InChI=1S/C21H24Cl2FNO2/c1-5-14(11-20(25)26)7-10-18(24)15(6-2)8-9-16-17(22)12-19(27-4)13(3)21(16)23/h7-12H,5-6H2,1-4H3,(H2,25,26). The molecule has 1 aromatic rings. The summed E-state index contributed by atoms with van der Waals surface area (Å²) in [5.74, 6) is -0.374. The summed E-state index contributed by atoms with van der Waals surface area (Å²) < 4.78 is 19.7. The molecule has 0 aliphatic rings. The predicted octanol–water partition coefficient (Wildman–Crippen LogP) is 6.34. The van der Waals surface area contributed by atoms with Crippen LogP contribution in [0.15, 0.2) is 47.3 Å². The van der Waals surface area contributed by atoms with Crippen LogP contribution in [0.2, 0.25) is 10.0 Å². The van der Waals surface area contributed by atoms with E-state index in [4.69, 9.17) is 33.7 Å². The van der Waals surface area contributed by atoms with Crippen LogP contribution in [0, 0.1) is 6.92 Å². The van der Waals surface area contributed by atoms with Gasteiger partial charge in [-0.25, -0.2) is 4.39 Å². The van der Waals surface area contributed by atoms with Crippen LogP contribution >= 0.6 is 23.2 Å². The highest BCUT2D eigenvalue weighted by Gasteiger charge is 2.12. The van der Waals surface area contributed by atoms with E-state index in [0.29, 0.717) is 45.3 Å².